The molecule has 0 bridgehead atoms. The fourth-order valence-corrected chi connectivity index (χ4v) is 3.74. The molecule has 1 aliphatic carbocycles. The number of nitrogens with two attached hydrogens (primary N) is 1. The molecule has 1 fully saturated rings. The molecule has 0 aromatic heterocycles. The first kappa shape index (κ1) is 11.0. The van der Waals surface area contributed by atoms with Crippen molar-refractivity contribution in [1.82, 2.24) is 0 Å². The van der Waals surface area contributed by atoms with Gasteiger partial charge >= 0.3 is 0 Å². The van der Waals surface area contributed by atoms with Gasteiger partial charge in [-0.15, -0.1) is 0 Å². The maximum absolute atomic E-state index is 11.6. The Bertz CT molecular complexity index is 261. The minimum Gasteiger partial charge on any atom is -0.330 e. The number of hydrogen-bond acceptors (Lipinski definition) is 3. The van der Waals surface area contributed by atoms with Crippen LogP contribution >= 0.6 is 0 Å². The standard InChI is InChI=1S/C9H19NO2S/c1-3-13(11,12)9-4-7(2)8(5-9)6-10/h7-9H,3-6,10H2,1-2H3/t7-,8-,9-/m1/s1. The Labute approximate surface area is 80.6 Å². The van der Waals surface area contributed by atoms with E-state index in [0.29, 0.717) is 18.4 Å². The summed E-state index contributed by atoms with van der Waals surface area (Å²) in [5, 5.41) is -0.124. The first-order valence-electron chi connectivity index (χ1n) is 4.92. The zero-order valence-electron chi connectivity index (χ0n) is 8.36. The monoisotopic (exact) mass is 205 g/mol. The SMILES string of the molecule is CCS(=O)(=O)[C@H]1C[C@H](CN)[C@H](C)C1. The van der Waals surface area contributed by atoms with Crippen LogP contribution in [0.25, 0.3) is 0 Å². The lowest BCUT2D eigenvalue weighted by Crippen LogP contribution is -2.21. The van der Waals surface area contributed by atoms with E-state index >= 15 is 0 Å². The quantitative estimate of drug-likeness (QED) is 0.741. The summed E-state index contributed by atoms with van der Waals surface area (Å²) in [6, 6.07) is 0. The fraction of sp³-hybridized carbons (Fsp3) is 1.00. The average Bonchev–Trinajstić information content (AvgIpc) is 2.47. The second-order valence-corrected chi connectivity index (χ2v) is 6.59. The minimum atomic E-state index is -2.83. The predicted octanol–water partition coefficient (Wildman–Crippen LogP) is 0.795. The van der Waals surface area contributed by atoms with Gasteiger partial charge < -0.3 is 5.73 Å². The van der Waals surface area contributed by atoms with Crippen molar-refractivity contribution >= 4 is 9.84 Å². The maximum Gasteiger partial charge on any atom is 0.152 e. The van der Waals surface area contributed by atoms with Crippen LogP contribution in [0.15, 0.2) is 0 Å². The molecule has 0 radical (unpaired) electrons. The molecular formula is C9H19NO2S. The van der Waals surface area contributed by atoms with E-state index in [-0.39, 0.29) is 11.0 Å². The Kier molecular flexibility index (Phi) is 3.35. The molecule has 1 rings (SSSR count). The molecule has 0 unspecified atom stereocenters. The molecule has 13 heavy (non-hydrogen) atoms. The normalized spacial score (nSPS) is 35.2. The average molecular weight is 205 g/mol. The second-order valence-electron chi connectivity index (χ2n) is 4.02. The molecule has 3 nitrogen and oxygen atoms in total. The van der Waals surface area contributed by atoms with Crippen LogP contribution in [-0.4, -0.2) is 26.0 Å². The summed E-state index contributed by atoms with van der Waals surface area (Å²) in [5.74, 6) is 1.14. The number of rotatable bonds is 3. The lowest BCUT2D eigenvalue weighted by atomic mass is 9.99. The largest absolute Gasteiger partial charge is 0.330 e. The molecule has 0 saturated heterocycles. The zero-order valence-corrected chi connectivity index (χ0v) is 9.18. The number of sulfone groups is 1. The van der Waals surface area contributed by atoms with Crippen LogP contribution < -0.4 is 5.73 Å². The van der Waals surface area contributed by atoms with Crippen LogP contribution in [0, 0.1) is 11.8 Å². The van der Waals surface area contributed by atoms with E-state index in [9.17, 15) is 8.42 Å². The topological polar surface area (TPSA) is 60.2 Å². The Morgan fingerprint density at radius 1 is 1.38 bits per heavy atom. The van der Waals surface area contributed by atoms with Crippen molar-refractivity contribution in [2.24, 2.45) is 17.6 Å². The van der Waals surface area contributed by atoms with Gasteiger partial charge in [-0.1, -0.05) is 13.8 Å². The van der Waals surface area contributed by atoms with Crippen molar-refractivity contribution in [2.75, 3.05) is 12.3 Å². The molecule has 78 valence electrons. The van der Waals surface area contributed by atoms with Crippen LogP contribution in [0.1, 0.15) is 26.7 Å². The maximum atomic E-state index is 11.6. The van der Waals surface area contributed by atoms with Gasteiger partial charge in [-0.25, -0.2) is 8.42 Å². The van der Waals surface area contributed by atoms with Crippen molar-refractivity contribution in [1.29, 1.82) is 0 Å². The third-order valence-corrected chi connectivity index (χ3v) is 5.42. The van der Waals surface area contributed by atoms with E-state index in [4.69, 9.17) is 5.73 Å². The van der Waals surface area contributed by atoms with E-state index in [1.807, 2.05) is 0 Å². The van der Waals surface area contributed by atoms with E-state index in [2.05, 4.69) is 6.92 Å². The van der Waals surface area contributed by atoms with Gasteiger partial charge in [-0.05, 0) is 31.2 Å². The van der Waals surface area contributed by atoms with Gasteiger partial charge in [0.05, 0.1) is 5.25 Å². The summed E-state index contributed by atoms with van der Waals surface area (Å²) >= 11 is 0. The van der Waals surface area contributed by atoms with E-state index in [1.54, 1.807) is 6.92 Å². The van der Waals surface area contributed by atoms with E-state index in [0.717, 1.165) is 12.8 Å². The summed E-state index contributed by atoms with van der Waals surface area (Å²) in [6.45, 7) is 4.44. The highest BCUT2D eigenvalue weighted by atomic mass is 32.2. The first-order chi connectivity index (χ1) is 6.01. The summed E-state index contributed by atoms with van der Waals surface area (Å²) in [4.78, 5) is 0. The van der Waals surface area contributed by atoms with E-state index in [1.165, 1.54) is 0 Å². The highest BCUT2D eigenvalue weighted by Gasteiger charge is 2.36. The molecule has 0 aromatic carbocycles. The smallest absolute Gasteiger partial charge is 0.152 e. The van der Waals surface area contributed by atoms with Gasteiger partial charge in [-0.2, -0.15) is 0 Å². The third kappa shape index (κ3) is 2.23. The predicted molar refractivity (Wildman–Crippen MR) is 54.2 cm³/mol. The molecule has 0 aromatic rings. The van der Waals surface area contributed by atoms with Crippen LogP contribution in [-0.2, 0) is 9.84 Å². The lowest BCUT2D eigenvalue weighted by molar-refractivity contribution is 0.429. The molecule has 0 amide bonds. The molecule has 4 heteroatoms. The molecule has 0 heterocycles. The Morgan fingerprint density at radius 2 is 2.00 bits per heavy atom. The highest BCUT2D eigenvalue weighted by Crippen LogP contribution is 2.34. The van der Waals surface area contributed by atoms with Crippen LogP contribution in [0.2, 0.25) is 0 Å². The molecule has 3 atom stereocenters. The van der Waals surface area contributed by atoms with Gasteiger partial charge in [0.2, 0.25) is 0 Å². The molecule has 1 aliphatic rings. The fourth-order valence-electron chi connectivity index (χ4n) is 2.13. The zero-order chi connectivity index (χ0) is 10.1. The first-order valence-corrected chi connectivity index (χ1v) is 6.64. The van der Waals surface area contributed by atoms with Crippen LogP contribution in [0.3, 0.4) is 0 Å². The van der Waals surface area contributed by atoms with Gasteiger partial charge in [0.25, 0.3) is 0 Å². The molecule has 0 spiro atoms. The second kappa shape index (κ2) is 3.96. The van der Waals surface area contributed by atoms with Gasteiger partial charge in [-0.3, -0.25) is 0 Å². The Balaban J connectivity index is 2.68. The van der Waals surface area contributed by atoms with Gasteiger partial charge in [0, 0.05) is 5.75 Å². The number of hydrogen-bond donors (Lipinski definition) is 1. The minimum absolute atomic E-state index is 0.124. The Hall–Kier alpha value is -0.0900. The van der Waals surface area contributed by atoms with Crippen molar-refractivity contribution in [3.05, 3.63) is 0 Å². The van der Waals surface area contributed by atoms with Gasteiger partial charge in [0.1, 0.15) is 0 Å². The molecular weight excluding hydrogens is 186 g/mol. The van der Waals surface area contributed by atoms with E-state index < -0.39 is 9.84 Å². The molecule has 1 saturated carbocycles. The van der Waals surface area contributed by atoms with Crippen molar-refractivity contribution in [2.45, 2.75) is 31.9 Å². The van der Waals surface area contributed by atoms with Crippen LogP contribution in [0.5, 0.6) is 0 Å². The third-order valence-electron chi connectivity index (χ3n) is 3.22. The molecule has 0 aliphatic heterocycles. The summed E-state index contributed by atoms with van der Waals surface area (Å²) in [6.07, 6.45) is 1.58. The summed E-state index contributed by atoms with van der Waals surface area (Å²) < 4.78 is 23.1. The van der Waals surface area contributed by atoms with Crippen LogP contribution in [0.4, 0.5) is 0 Å². The van der Waals surface area contributed by atoms with Crippen molar-refractivity contribution in [3.63, 3.8) is 0 Å². The Morgan fingerprint density at radius 3 is 2.38 bits per heavy atom. The highest BCUT2D eigenvalue weighted by molar-refractivity contribution is 7.92. The summed E-state index contributed by atoms with van der Waals surface area (Å²) in [5.41, 5.74) is 5.58. The lowest BCUT2D eigenvalue weighted by Gasteiger charge is -2.10. The van der Waals surface area contributed by atoms with Crippen molar-refractivity contribution < 1.29 is 8.42 Å². The molecule has 2 N–H and O–H groups in total. The van der Waals surface area contributed by atoms with Gasteiger partial charge in [0.15, 0.2) is 9.84 Å². The summed E-state index contributed by atoms with van der Waals surface area (Å²) in [7, 11) is -2.83. The van der Waals surface area contributed by atoms with Crippen molar-refractivity contribution in [3.8, 4) is 0 Å².